The summed E-state index contributed by atoms with van der Waals surface area (Å²) < 4.78 is 10.3. The summed E-state index contributed by atoms with van der Waals surface area (Å²) >= 11 is 0. The van der Waals surface area contributed by atoms with Crippen LogP contribution in [-0.2, 0) is 23.9 Å². The number of carbonyl (C=O) groups excluding carboxylic acids is 3. The van der Waals surface area contributed by atoms with Crippen molar-refractivity contribution in [1.29, 1.82) is 0 Å². The second-order valence-corrected chi connectivity index (χ2v) is 7.56. The number of esters is 2. The Balaban J connectivity index is 1.58. The zero-order valence-corrected chi connectivity index (χ0v) is 14.9. The average molecular weight is 370 g/mol. The van der Waals surface area contributed by atoms with Crippen LogP contribution in [0.2, 0.25) is 0 Å². The maximum absolute atomic E-state index is 12.7. The van der Waals surface area contributed by atoms with Crippen LogP contribution in [-0.4, -0.2) is 35.5 Å². The number of ketones is 1. The lowest BCUT2D eigenvalue weighted by Crippen LogP contribution is -2.39. The number of carbonyl (C=O) groups is 3. The first-order valence-corrected chi connectivity index (χ1v) is 9.43. The van der Waals surface area contributed by atoms with E-state index in [0.717, 1.165) is 18.4 Å². The van der Waals surface area contributed by atoms with Gasteiger partial charge in [0.15, 0.2) is 11.9 Å². The van der Waals surface area contributed by atoms with Gasteiger partial charge >= 0.3 is 11.9 Å². The summed E-state index contributed by atoms with van der Waals surface area (Å²) in [5, 5.41) is 10.6. The van der Waals surface area contributed by atoms with Gasteiger partial charge < -0.3 is 14.6 Å². The number of rotatable bonds is 5. The molecule has 0 bridgehead atoms. The molecule has 1 saturated carbocycles. The fraction of sp³-hybridized carbons (Fsp3) is 0.476. The van der Waals surface area contributed by atoms with E-state index in [2.05, 4.69) is 0 Å². The Morgan fingerprint density at radius 2 is 1.81 bits per heavy atom. The van der Waals surface area contributed by atoms with E-state index in [4.69, 9.17) is 9.47 Å². The molecule has 3 aliphatic rings. The number of hydrogen-bond donors (Lipinski definition) is 1. The molecule has 4 rings (SSSR count). The van der Waals surface area contributed by atoms with Crippen molar-refractivity contribution in [3.8, 4) is 0 Å². The first kappa shape index (κ1) is 17.8. The van der Waals surface area contributed by atoms with Crippen LogP contribution in [0.5, 0.6) is 0 Å². The standard InChI is InChI=1S/C21H22O6/c22-16-11-12(8-9-26-16)10-15-19(23)20(24)18(21(25)27-15)17(14-6-7-14)13-4-2-1-3-5-13/h1-5,12,14-15,17,24H,6-11H2. The molecule has 0 amide bonds. The Bertz CT molecular complexity index is 792. The van der Waals surface area contributed by atoms with Crippen molar-refractivity contribution in [3.63, 3.8) is 0 Å². The van der Waals surface area contributed by atoms with E-state index in [1.165, 1.54) is 0 Å². The highest BCUT2D eigenvalue weighted by atomic mass is 16.6. The van der Waals surface area contributed by atoms with Gasteiger partial charge in [-0.25, -0.2) is 4.79 Å². The van der Waals surface area contributed by atoms with E-state index in [1.54, 1.807) is 0 Å². The maximum atomic E-state index is 12.7. The molecule has 2 heterocycles. The molecular weight excluding hydrogens is 348 g/mol. The quantitative estimate of drug-likeness (QED) is 0.802. The van der Waals surface area contributed by atoms with Crippen LogP contribution in [0.25, 0.3) is 0 Å². The van der Waals surface area contributed by atoms with Crippen LogP contribution < -0.4 is 0 Å². The molecule has 1 N–H and O–H groups in total. The molecule has 1 aromatic rings. The van der Waals surface area contributed by atoms with E-state index in [9.17, 15) is 19.5 Å². The molecule has 6 nitrogen and oxygen atoms in total. The molecule has 6 heteroatoms. The summed E-state index contributed by atoms with van der Waals surface area (Å²) in [4.78, 5) is 36.9. The number of aliphatic hydroxyl groups excluding tert-OH is 1. The Kier molecular flexibility index (Phi) is 4.72. The van der Waals surface area contributed by atoms with Gasteiger partial charge in [-0.1, -0.05) is 30.3 Å². The normalized spacial score (nSPS) is 27.2. The van der Waals surface area contributed by atoms with Gasteiger partial charge in [0.1, 0.15) is 0 Å². The predicted octanol–water partition coefficient (Wildman–Crippen LogP) is 2.83. The molecule has 142 valence electrons. The first-order valence-electron chi connectivity index (χ1n) is 9.43. The van der Waals surface area contributed by atoms with Crippen molar-refractivity contribution in [2.45, 2.75) is 44.1 Å². The highest BCUT2D eigenvalue weighted by Crippen LogP contribution is 2.48. The third-order valence-corrected chi connectivity index (χ3v) is 5.61. The van der Waals surface area contributed by atoms with Crippen molar-refractivity contribution >= 4 is 17.7 Å². The Morgan fingerprint density at radius 1 is 1.07 bits per heavy atom. The minimum absolute atomic E-state index is 0.0769. The van der Waals surface area contributed by atoms with E-state index < -0.39 is 23.6 Å². The van der Waals surface area contributed by atoms with Crippen LogP contribution in [0.1, 0.15) is 43.6 Å². The van der Waals surface area contributed by atoms with Crippen LogP contribution in [0.4, 0.5) is 0 Å². The van der Waals surface area contributed by atoms with Crippen molar-refractivity contribution in [2.75, 3.05) is 6.61 Å². The van der Waals surface area contributed by atoms with E-state index in [1.807, 2.05) is 30.3 Å². The fourth-order valence-corrected chi connectivity index (χ4v) is 4.06. The summed E-state index contributed by atoms with van der Waals surface area (Å²) in [6.07, 6.45) is 1.92. The van der Waals surface area contributed by atoms with E-state index >= 15 is 0 Å². The first-order chi connectivity index (χ1) is 13.0. The van der Waals surface area contributed by atoms with Gasteiger partial charge in [0.25, 0.3) is 0 Å². The Labute approximate surface area is 157 Å². The molecule has 2 fully saturated rings. The number of cyclic esters (lactones) is 2. The molecule has 1 aromatic carbocycles. The highest BCUT2D eigenvalue weighted by molar-refractivity contribution is 6.09. The lowest BCUT2D eigenvalue weighted by Gasteiger charge is -2.30. The summed E-state index contributed by atoms with van der Waals surface area (Å²) in [6, 6.07) is 9.45. The van der Waals surface area contributed by atoms with Gasteiger partial charge in [-0.3, -0.25) is 9.59 Å². The van der Waals surface area contributed by atoms with Gasteiger partial charge in [0, 0.05) is 12.3 Å². The molecule has 2 aliphatic heterocycles. The Hall–Kier alpha value is -2.63. The summed E-state index contributed by atoms with van der Waals surface area (Å²) in [5.74, 6) is -2.16. The highest BCUT2D eigenvalue weighted by Gasteiger charge is 2.46. The Morgan fingerprint density at radius 3 is 2.48 bits per heavy atom. The minimum Gasteiger partial charge on any atom is -0.504 e. The van der Waals surface area contributed by atoms with Gasteiger partial charge in [0.2, 0.25) is 5.78 Å². The molecule has 1 saturated heterocycles. The minimum atomic E-state index is -1.03. The topological polar surface area (TPSA) is 89.9 Å². The van der Waals surface area contributed by atoms with Crippen LogP contribution in [0, 0.1) is 11.8 Å². The summed E-state index contributed by atoms with van der Waals surface area (Å²) in [5.41, 5.74) is 0.979. The van der Waals surface area contributed by atoms with Crippen LogP contribution in [0.3, 0.4) is 0 Å². The molecule has 0 spiro atoms. The molecule has 27 heavy (non-hydrogen) atoms. The van der Waals surface area contributed by atoms with Gasteiger partial charge in [-0.2, -0.15) is 0 Å². The zero-order valence-electron chi connectivity index (χ0n) is 14.9. The number of ether oxygens (including phenoxy) is 2. The summed E-state index contributed by atoms with van der Waals surface area (Å²) in [6.45, 7) is 0.309. The van der Waals surface area contributed by atoms with Crippen molar-refractivity contribution < 1.29 is 29.0 Å². The second-order valence-electron chi connectivity index (χ2n) is 7.56. The molecule has 0 radical (unpaired) electrons. The fourth-order valence-electron chi connectivity index (χ4n) is 4.06. The monoisotopic (exact) mass is 370 g/mol. The molecular formula is C21H22O6. The molecule has 1 aliphatic carbocycles. The third kappa shape index (κ3) is 3.61. The van der Waals surface area contributed by atoms with Gasteiger partial charge in [-0.05, 0) is 43.1 Å². The molecule has 3 unspecified atom stereocenters. The average Bonchev–Trinajstić information content (AvgIpc) is 3.49. The number of Topliss-reactive ketones (excluding diaryl/α,β-unsaturated/α-hetero) is 1. The van der Waals surface area contributed by atoms with Crippen molar-refractivity contribution in [1.82, 2.24) is 0 Å². The van der Waals surface area contributed by atoms with E-state index in [0.29, 0.717) is 13.0 Å². The summed E-state index contributed by atoms with van der Waals surface area (Å²) in [7, 11) is 0. The second kappa shape index (κ2) is 7.18. The largest absolute Gasteiger partial charge is 0.504 e. The predicted molar refractivity (Wildman–Crippen MR) is 94.7 cm³/mol. The number of aliphatic hydroxyl groups is 1. The maximum Gasteiger partial charge on any atom is 0.339 e. The number of hydrogen-bond acceptors (Lipinski definition) is 6. The zero-order chi connectivity index (χ0) is 19.0. The van der Waals surface area contributed by atoms with Gasteiger partial charge in [0.05, 0.1) is 12.2 Å². The number of benzene rings is 1. The lowest BCUT2D eigenvalue weighted by atomic mass is 9.82. The molecule has 0 aromatic heterocycles. The van der Waals surface area contributed by atoms with E-state index in [-0.39, 0.29) is 42.1 Å². The smallest absolute Gasteiger partial charge is 0.339 e. The van der Waals surface area contributed by atoms with Gasteiger partial charge in [-0.15, -0.1) is 0 Å². The lowest BCUT2D eigenvalue weighted by molar-refractivity contribution is -0.157. The van der Waals surface area contributed by atoms with Crippen LogP contribution >= 0.6 is 0 Å². The SMILES string of the molecule is O=C1CC(CC2OC(=O)C(C(c3ccccc3)C3CC3)=C(O)C2=O)CCO1. The third-order valence-electron chi connectivity index (χ3n) is 5.61. The van der Waals surface area contributed by atoms with Crippen molar-refractivity contribution in [3.05, 3.63) is 47.2 Å². The van der Waals surface area contributed by atoms with Crippen LogP contribution in [0.15, 0.2) is 41.7 Å². The van der Waals surface area contributed by atoms with Crippen molar-refractivity contribution in [2.24, 2.45) is 11.8 Å². The molecule has 3 atom stereocenters.